The van der Waals surface area contributed by atoms with E-state index >= 15 is 0 Å². The second-order valence-electron chi connectivity index (χ2n) is 4.11. The predicted molar refractivity (Wildman–Crippen MR) is 71.3 cm³/mol. The van der Waals surface area contributed by atoms with Crippen LogP contribution < -0.4 is 0 Å². The van der Waals surface area contributed by atoms with E-state index in [2.05, 4.69) is 15.2 Å². The average Bonchev–Trinajstić information content (AvgIpc) is 2.37. The van der Waals surface area contributed by atoms with E-state index in [1.165, 1.54) is 0 Å². The fraction of sp³-hybridized carbons (Fsp3) is 0.143. The van der Waals surface area contributed by atoms with Crippen molar-refractivity contribution in [1.82, 2.24) is 0 Å². The standard InChI is InChI=1S/C14H13N4/c1-10-4-3-5-13(8-10)17-18-14-7-6-12(16-15)9-11(14)2/h3-9H,1-2H3/q+1. The van der Waals surface area contributed by atoms with Crippen LogP contribution in [0.1, 0.15) is 11.1 Å². The lowest BCUT2D eigenvalue weighted by atomic mass is 10.2. The van der Waals surface area contributed by atoms with Gasteiger partial charge in [-0.3, -0.25) is 0 Å². The zero-order chi connectivity index (χ0) is 13.0. The number of rotatable bonds is 2. The fourth-order valence-corrected chi connectivity index (χ4v) is 1.62. The summed E-state index contributed by atoms with van der Waals surface area (Å²) in [5, 5.41) is 17.0. The zero-order valence-electron chi connectivity index (χ0n) is 10.3. The molecule has 0 aliphatic heterocycles. The molecule has 0 aromatic heterocycles. The number of diazo groups is 1. The summed E-state index contributed by atoms with van der Waals surface area (Å²) in [6, 6.07) is 13.1. The van der Waals surface area contributed by atoms with E-state index in [1.807, 2.05) is 38.1 Å². The minimum atomic E-state index is 0.516. The minimum Gasteiger partial charge on any atom is -0.151 e. The molecular formula is C14H13N4+. The molecule has 4 nitrogen and oxygen atoms in total. The third-order valence-corrected chi connectivity index (χ3v) is 2.57. The normalized spacial score (nSPS) is 10.5. The van der Waals surface area contributed by atoms with Crippen LogP contribution in [0.4, 0.5) is 17.1 Å². The minimum absolute atomic E-state index is 0.516. The Labute approximate surface area is 106 Å². The quantitative estimate of drug-likeness (QED) is 0.523. The van der Waals surface area contributed by atoms with Gasteiger partial charge in [0.2, 0.25) is 5.39 Å². The molecule has 4 heteroatoms. The fourth-order valence-electron chi connectivity index (χ4n) is 1.62. The lowest BCUT2D eigenvalue weighted by Gasteiger charge is -1.97. The van der Waals surface area contributed by atoms with Crippen molar-refractivity contribution < 1.29 is 0 Å². The summed E-state index contributed by atoms with van der Waals surface area (Å²) in [6.45, 7) is 3.92. The molecule has 0 spiro atoms. The third kappa shape index (κ3) is 2.77. The van der Waals surface area contributed by atoms with Gasteiger partial charge in [0.1, 0.15) is 0 Å². The van der Waals surface area contributed by atoms with Crippen molar-refractivity contribution in [3.8, 4) is 0 Å². The van der Waals surface area contributed by atoms with Crippen LogP contribution in [-0.2, 0) is 0 Å². The molecule has 0 saturated heterocycles. The van der Waals surface area contributed by atoms with Gasteiger partial charge in [-0.1, -0.05) is 12.1 Å². The number of nitrogens with zero attached hydrogens (tertiary/aromatic N) is 4. The molecule has 0 aliphatic carbocycles. The molecule has 0 unspecified atom stereocenters. The smallest absolute Gasteiger partial charge is 0.151 e. The van der Waals surface area contributed by atoms with Gasteiger partial charge in [0.25, 0.3) is 0 Å². The number of azo groups is 1. The van der Waals surface area contributed by atoms with Crippen molar-refractivity contribution in [2.45, 2.75) is 13.8 Å². The number of hydrogen-bond donors (Lipinski definition) is 0. The predicted octanol–water partition coefficient (Wildman–Crippen LogP) is 5.20. The summed E-state index contributed by atoms with van der Waals surface area (Å²) in [5.74, 6) is 0. The van der Waals surface area contributed by atoms with E-state index in [0.717, 1.165) is 22.5 Å². The third-order valence-electron chi connectivity index (χ3n) is 2.57. The lowest BCUT2D eigenvalue weighted by Crippen LogP contribution is -1.73. The molecule has 0 fully saturated rings. The highest BCUT2D eigenvalue weighted by molar-refractivity contribution is 5.56. The maximum Gasteiger partial charge on any atom is 0.385 e. The summed E-state index contributed by atoms with van der Waals surface area (Å²) < 4.78 is 0. The van der Waals surface area contributed by atoms with Gasteiger partial charge in [-0.25, -0.2) is 0 Å². The van der Waals surface area contributed by atoms with Gasteiger partial charge in [-0.05, 0) is 43.2 Å². The molecule has 18 heavy (non-hydrogen) atoms. The Hall–Kier alpha value is -2.54. The summed E-state index contributed by atoms with van der Waals surface area (Å²) in [4.78, 5) is 3.13. The topological polar surface area (TPSA) is 52.9 Å². The molecule has 2 aromatic rings. The molecule has 0 heterocycles. The summed E-state index contributed by atoms with van der Waals surface area (Å²) >= 11 is 0. The lowest BCUT2D eigenvalue weighted by molar-refractivity contribution is 1.20. The average molecular weight is 237 g/mol. The van der Waals surface area contributed by atoms with E-state index in [4.69, 9.17) is 5.39 Å². The maximum absolute atomic E-state index is 8.66. The molecule has 0 amide bonds. The van der Waals surface area contributed by atoms with Gasteiger partial charge >= 0.3 is 5.69 Å². The van der Waals surface area contributed by atoms with E-state index in [-0.39, 0.29) is 0 Å². The first-order chi connectivity index (χ1) is 8.69. The Bertz CT molecular complexity index is 638. The zero-order valence-corrected chi connectivity index (χ0v) is 10.3. The highest BCUT2D eigenvalue weighted by Crippen LogP contribution is 2.26. The van der Waals surface area contributed by atoms with Crippen molar-refractivity contribution >= 4 is 17.1 Å². The Balaban J connectivity index is 2.27. The van der Waals surface area contributed by atoms with E-state index in [1.54, 1.807) is 18.2 Å². The molecule has 2 aromatic carbocycles. The van der Waals surface area contributed by atoms with Gasteiger partial charge in [0, 0.05) is 12.1 Å². The number of hydrogen-bond acceptors (Lipinski definition) is 3. The molecule has 0 N–H and O–H groups in total. The van der Waals surface area contributed by atoms with Crippen LogP contribution in [0.15, 0.2) is 52.7 Å². The van der Waals surface area contributed by atoms with Crippen LogP contribution in [-0.4, -0.2) is 0 Å². The Morgan fingerprint density at radius 3 is 2.50 bits per heavy atom. The highest BCUT2D eigenvalue weighted by atomic mass is 15.1. The summed E-state index contributed by atoms with van der Waals surface area (Å²) in [7, 11) is 0. The van der Waals surface area contributed by atoms with Crippen molar-refractivity contribution in [3.63, 3.8) is 0 Å². The van der Waals surface area contributed by atoms with E-state index < -0.39 is 0 Å². The van der Waals surface area contributed by atoms with Gasteiger partial charge < -0.3 is 0 Å². The molecule has 0 aliphatic rings. The second kappa shape index (κ2) is 5.19. The van der Waals surface area contributed by atoms with E-state index in [9.17, 15) is 0 Å². The van der Waals surface area contributed by atoms with Crippen molar-refractivity contribution in [3.05, 3.63) is 58.6 Å². The van der Waals surface area contributed by atoms with Crippen molar-refractivity contribution in [2.75, 3.05) is 0 Å². The molecule has 0 atom stereocenters. The van der Waals surface area contributed by atoms with Crippen molar-refractivity contribution in [1.29, 1.82) is 5.39 Å². The van der Waals surface area contributed by atoms with Gasteiger partial charge in [0.15, 0.2) is 4.98 Å². The van der Waals surface area contributed by atoms with Gasteiger partial charge in [0.05, 0.1) is 11.4 Å². The van der Waals surface area contributed by atoms with Gasteiger partial charge in [-0.15, -0.1) is 0 Å². The molecule has 0 bridgehead atoms. The molecule has 0 saturated carbocycles. The largest absolute Gasteiger partial charge is 0.385 e. The Morgan fingerprint density at radius 1 is 1.00 bits per heavy atom. The second-order valence-corrected chi connectivity index (χ2v) is 4.11. The van der Waals surface area contributed by atoms with Crippen LogP contribution in [0.2, 0.25) is 0 Å². The Morgan fingerprint density at radius 2 is 1.83 bits per heavy atom. The van der Waals surface area contributed by atoms with Crippen molar-refractivity contribution in [2.24, 2.45) is 10.2 Å². The molecule has 88 valence electrons. The highest BCUT2D eigenvalue weighted by Gasteiger charge is 2.06. The van der Waals surface area contributed by atoms with Crippen LogP contribution >= 0.6 is 0 Å². The van der Waals surface area contributed by atoms with Crippen LogP contribution in [0, 0.1) is 19.2 Å². The SMILES string of the molecule is Cc1cccc(N=Nc2ccc([N+]#N)cc2C)c1. The number of aryl methyl sites for hydroxylation is 2. The van der Waals surface area contributed by atoms with Crippen LogP contribution in [0.3, 0.4) is 0 Å². The molecule has 2 rings (SSSR count). The van der Waals surface area contributed by atoms with E-state index in [0.29, 0.717) is 5.69 Å². The number of benzene rings is 2. The monoisotopic (exact) mass is 237 g/mol. The summed E-state index contributed by atoms with van der Waals surface area (Å²) in [6.07, 6.45) is 0. The first kappa shape index (κ1) is 11.9. The van der Waals surface area contributed by atoms with Crippen LogP contribution in [0.25, 0.3) is 4.98 Å². The molecule has 0 radical (unpaired) electrons. The Kier molecular flexibility index (Phi) is 3.44. The maximum atomic E-state index is 8.66. The summed E-state index contributed by atoms with van der Waals surface area (Å²) in [5.41, 5.74) is 4.18. The molecular weight excluding hydrogens is 224 g/mol. The van der Waals surface area contributed by atoms with Crippen LogP contribution in [0.5, 0.6) is 0 Å². The first-order valence-corrected chi connectivity index (χ1v) is 5.63. The van der Waals surface area contributed by atoms with Gasteiger partial charge in [-0.2, -0.15) is 10.2 Å². The first-order valence-electron chi connectivity index (χ1n) is 5.63.